The first-order chi connectivity index (χ1) is 12.9. The number of benzene rings is 3. The average molecular weight is 345 g/mol. The highest BCUT2D eigenvalue weighted by atomic mass is 16.6. The summed E-state index contributed by atoms with van der Waals surface area (Å²) in [4.78, 5) is 5.47. The second-order valence-electron chi connectivity index (χ2n) is 6.02. The van der Waals surface area contributed by atoms with Crippen molar-refractivity contribution < 1.29 is 14.3 Å². The molecule has 0 atom stereocenters. The maximum Gasteiger partial charge on any atom is 0.142 e. The molecule has 3 aromatic rings. The third-order valence-electron chi connectivity index (χ3n) is 4.13. The van der Waals surface area contributed by atoms with Gasteiger partial charge in [0.2, 0.25) is 0 Å². The molecule has 3 aromatic carbocycles. The number of rotatable bonds is 6. The minimum Gasteiger partial charge on any atom is -0.489 e. The van der Waals surface area contributed by atoms with E-state index < -0.39 is 0 Å². The molecule has 0 N–H and O–H groups in total. The van der Waals surface area contributed by atoms with Gasteiger partial charge in [0, 0.05) is 11.6 Å². The maximum absolute atomic E-state index is 5.84. The molecule has 0 unspecified atom stereocenters. The first kappa shape index (κ1) is 16.2. The largest absolute Gasteiger partial charge is 0.489 e. The Morgan fingerprint density at radius 3 is 2.23 bits per heavy atom. The van der Waals surface area contributed by atoms with Gasteiger partial charge in [-0.15, -0.1) is 0 Å². The first-order valence-electron chi connectivity index (χ1n) is 8.55. The van der Waals surface area contributed by atoms with E-state index in [1.165, 1.54) is 0 Å². The molecule has 0 aliphatic carbocycles. The van der Waals surface area contributed by atoms with E-state index >= 15 is 0 Å². The fraction of sp³-hybridized carbons (Fsp3) is 0.136. The SMILES string of the molecule is c1ccc(CO/N=C2\COc3cc(OCc4ccccc4)ccc32)cc1. The summed E-state index contributed by atoms with van der Waals surface area (Å²) in [7, 11) is 0. The molecule has 0 saturated heterocycles. The Labute approximate surface area is 152 Å². The molecule has 1 aliphatic heterocycles. The summed E-state index contributed by atoms with van der Waals surface area (Å²) in [6, 6.07) is 25.8. The molecular formula is C22H19NO3. The minimum atomic E-state index is 0.409. The molecule has 0 fully saturated rings. The molecule has 0 spiro atoms. The van der Waals surface area contributed by atoms with Crippen molar-refractivity contribution in [2.75, 3.05) is 6.61 Å². The number of nitrogens with zero attached hydrogens (tertiary/aromatic N) is 1. The molecule has 0 radical (unpaired) electrons. The van der Waals surface area contributed by atoms with Crippen molar-refractivity contribution in [2.24, 2.45) is 5.16 Å². The van der Waals surface area contributed by atoms with E-state index in [0.29, 0.717) is 19.8 Å². The zero-order chi connectivity index (χ0) is 17.6. The Bertz CT molecular complexity index is 892. The highest BCUT2D eigenvalue weighted by molar-refractivity contribution is 6.06. The van der Waals surface area contributed by atoms with E-state index in [9.17, 15) is 0 Å². The third-order valence-corrected chi connectivity index (χ3v) is 4.13. The number of hydrogen-bond acceptors (Lipinski definition) is 4. The lowest BCUT2D eigenvalue weighted by Crippen LogP contribution is -2.03. The lowest BCUT2D eigenvalue weighted by molar-refractivity contribution is 0.129. The molecule has 4 heteroatoms. The van der Waals surface area contributed by atoms with Crippen LogP contribution in [0.2, 0.25) is 0 Å². The molecule has 26 heavy (non-hydrogen) atoms. The van der Waals surface area contributed by atoms with Crippen LogP contribution in [0.3, 0.4) is 0 Å². The van der Waals surface area contributed by atoms with Crippen molar-refractivity contribution in [3.05, 3.63) is 95.6 Å². The Morgan fingerprint density at radius 1 is 0.808 bits per heavy atom. The van der Waals surface area contributed by atoms with Gasteiger partial charge in [-0.2, -0.15) is 0 Å². The van der Waals surface area contributed by atoms with E-state index in [1.807, 2.05) is 78.9 Å². The minimum absolute atomic E-state index is 0.409. The molecule has 130 valence electrons. The van der Waals surface area contributed by atoms with Gasteiger partial charge in [-0.05, 0) is 23.3 Å². The number of fused-ring (bicyclic) bond motifs is 1. The summed E-state index contributed by atoms with van der Waals surface area (Å²) >= 11 is 0. The van der Waals surface area contributed by atoms with Gasteiger partial charge in [-0.25, -0.2) is 0 Å². The molecule has 0 bridgehead atoms. The van der Waals surface area contributed by atoms with Crippen LogP contribution in [-0.2, 0) is 18.1 Å². The normalized spacial score (nSPS) is 13.9. The van der Waals surface area contributed by atoms with Crippen molar-refractivity contribution in [3.8, 4) is 11.5 Å². The third kappa shape index (κ3) is 3.86. The Kier molecular flexibility index (Phi) is 4.83. The van der Waals surface area contributed by atoms with Gasteiger partial charge in [-0.3, -0.25) is 0 Å². The van der Waals surface area contributed by atoms with Crippen LogP contribution in [0.4, 0.5) is 0 Å². The molecule has 0 saturated carbocycles. The van der Waals surface area contributed by atoms with Gasteiger partial charge in [-0.1, -0.05) is 65.8 Å². The summed E-state index contributed by atoms with van der Waals surface area (Å²) in [6.45, 7) is 1.38. The summed E-state index contributed by atoms with van der Waals surface area (Å²) in [6.07, 6.45) is 0. The highest BCUT2D eigenvalue weighted by Crippen LogP contribution is 2.30. The predicted molar refractivity (Wildman–Crippen MR) is 100 cm³/mol. The zero-order valence-electron chi connectivity index (χ0n) is 14.3. The van der Waals surface area contributed by atoms with E-state index in [1.54, 1.807) is 0 Å². The highest BCUT2D eigenvalue weighted by Gasteiger charge is 2.20. The van der Waals surface area contributed by atoms with Gasteiger partial charge < -0.3 is 14.3 Å². The van der Waals surface area contributed by atoms with E-state index in [2.05, 4.69) is 5.16 Å². The Morgan fingerprint density at radius 2 is 1.50 bits per heavy atom. The first-order valence-corrected chi connectivity index (χ1v) is 8.55. The van der Waals surface area contributed by atoms with E-state index in [0.717, 1.165) is 33.9 Å². The fourth-order valence-corrected chi connectivity index (χ4v) is 2.75. The van der Waals surface area contributed by atoms with Gasteiger partial charge in [0.05, 0.1) is 0 Å². The van der Waals surface area contributed by atoms with Crippen LogP contribution in [0, 0.1) is 0 Å². The molecule has 1 aliphatic rings. The van der Waals surface area contributed by atoms with Crippen LogP contribution < -0.4 is 9.47 Å². The molecule has 4 rings (SSSR count). The van der Waals surface area contributed by atoms with Crippen LogP contribution >= 0.6 is 0 Å². The van der Waals surface area contributed by atoms with E-state index in [4.69, 9.17) is 14.3 Å². The molecule has 1 heterocycles. The second-order valence-corrected chi connectivity index (χ2v) is 6.02. The molecule has 0 aromatic heterocycles. The number of ether oxygens (including phenoxy) is 2. The maximum atomic E-state index is 5.84. The van der Waals surface area contributed by atoms with Crippen LogP contribution in [0.1, 0.15) is 16.7 Å². The average Bonchev–Trinajstić information content (AvgIpc) is 3.10. The second kappa shape index (κ2) is 7.74. The van der Waals surface area contributed by atoms with Crippen molar-refractivity contribution >= 4 is 5.71 Å². The van der Waals surface area contributed by atoms with Crippen molar-refractivity contribution in [1.29, 1.82) is 0 Å². The van der Waals surface area contributed by atoms with Gasteiger partial charge in [0.1, 0.15) is 37.0 Å². The zero-order valence-corrected chi connectivity index (χ0v) is 14.3. The van der Waals surface area contributed by atoms with Crippen molar-refractivity contribution in [2.45, 2.75) is 13.2 Å². The van der Waals surface area contributed by atoms with Crippen LogP contribution in [0.25, 0.3) is 0 Å². The standard InChI is InChI=1S/C22H19NO3/c1-3-7-17(8-4-1)14-24-19-11-12-20-21(16-25-22(20)13-19)23-26-15-18-9-5-2-6-10-18/h1-13H,14-16H2/b23-21+. The molecule has 4 nitrogen and oxygen atoms in total. The fourth-order valence-electron chi connectivity index (χ4n) is 2.75. The monoisotopic (exact) mass is 345 g/mol. The summed E-state index contributed by atoms with van der Waals surface area (Å²) in [5.74, 6) is 1.55. The summed E-state index contributed by atoms with van der Waals surface area (Å²) in [5.41, 5.74) is 3.96. The van der Waals surface area contributed by atoms with Crippen molar-refractivity contribution in [3.63, 3.8) is 0 Å². The van der Waals surface area contributed by atoms with Crippen LogP contribution in [0.15, 0.2) is 84.0 Å². The van der Waals surface area contributed by atoms with Gasteiger partial charge >= 0.3 is 0 Å². The Balaban J connectivity index is 1.39. The van der Waals surface area contributed by atoms with Gasteiger partial charge in [0.15, 0.2) is 0 Å². The van der Waals surface area contributed by atoms with Crippen molar-refractivity contribution in [1.82, 2.24) is 0 Å². The predicted octanol–water partition coefficient (Wildman–Crippen LogP) is 4.58. The summed E-state index contributed by atoms with van der Waals surface area (Å²) in [5, 5.41) is 4.23. The number of oxime groups is 1. The molecule has 0 amide bonds. The van der Waals surface area contributed by atoms with Gasteiger partial charge in [0.25, 0.3) is 0 Å². The number of hydrogen-bond donors (Lipinski definition) is 0. The smallest absolute Gasteiger partial charge is 0.142 e. The molecular weight excluding hydrogens is 326 g/mol. The van der Waals surface area contributed by atoms with E-state index in [-0.39, 0.29) is 0 Å². The quantitative estimate of drug-likeness (QED) is 0.614. The lowest BCUT2D eigenvalue weighted by atomic mass is 10.1. The topological polar surface area (TPSA) is 40.0 Å². The summed E-state index contributed by atoms with van der Waals surface area (Å²) < 4.78 is 11.6. The van der Waals surface area contributed by atoms with Crippen LogP contribution in [0.5, 0.6) is 11.5 Å². The lowest BCUT2D eigenvalue weighted by Gasteiger charge is -2.07. The van der Waals surface area contributed by atoms with Crippen LogP contribution in [-0.4, -0.2) is 12.3 Å². The Hall–Kier alpha value is -3.27.